The number of hydrogen-bond donors (Lipinski definition) is 1. The van der Waals surface area contributed by atoms with Crippen molar-refractivity contribution in [3.63, 3.8) is 0 Å². The van der Waals surface area contributed by atoms with Crippen LogP contribution in [-0.4, -0.2) is 26.0 Å². The van der Waals surface area contributed by atoms with Gasteiger partial charge in [-0.05, 0) is 37.5 Å². The molecule has 1 N–H and O–H groups in total. The van der Waals surface area contributed by atoms with Crippen molar-refractivity contribution in [2.24, 2.45) is 0 Å². The summed E-state index contributed by atoms with van der Waals surface area (Å²) in [6.45, 7) is 2.02. The van der Waals surface area contributed by atoms with Gasteiger partial charge in [-0.3, -0.25) is 0 Å². The zero-order valence-electron chi connectivity index (χ0n) is 9.74. The van der Waals surface area contributed by atoms with Crippen LogP contribution in [0.2, 0.25) is 0 Å². The lowest BCUT2D eigenvalue weighted by Gasteiger charge is -2.25. The molecular weight excluding hydrogens is 302 g/mol. The van der Waals surface area contributed by atoms with Crippen molar-refractivity contribution in [3.8, 4) is 0 Å². The second-order valence-corrected chi connectivity index (χ2v) is 7.70. The van der Waals surface area contributed by atoms with E-state index in [1.807, 2.05) is 25.1 Å². The lowest BCUT2D eigenvalue weighted by molar-refractivity contribution is 0.562. The Hall–Kier alpha value is -0.550. The van der Waals surface area contributed by atoms with Crippen molar-refractivity contribution in [3.05, 3.63) is 28.2 Å². The Morgan fingerprint density at radius 2 is 2.18 bits per heavy atom. The molecule has 94 valence electrons. The molecule has 1 atom stereocenters. The normalized spacial score (nSPS) is 23.3. The SMILES string of the molecule is Cc1ccc(Br)cc1NC1CCCS(=O)(=O)C1. The summed E-state index contributed by atoms with van der Waals surface area (Å²) in [7, 11) is -2.85. The Bertz CT molecular complexity index is 513. The predicted molar refractivity (Wildman–Crippen MR) is 74.2 cm³/mol. The Morgan fingerprint density at radius 3 is 2.88 bits per heavy atom. The van der Waals surface area contributed by atoms with Gasteiger partial charge in [-0.1, -0.05) is 22.0 Å². The smallest absolute Gasteiger partial charge is 0.152 e. The predicted octanol–water partition coefficient (Wildman–Crippen LogP) is 2.75. The minimum Gasteiger partial charge on any atom is -0.381 e. The summed E-state index contributed by atoms with van der Waals surface area (Å²) in [6, 6.07) is 6.04. The molecule has 0 bridgehead atoms. The number of halogens is 1. The lowest BCUT2D eigenvalue weighted by Crippen LogP contribution is -2.34. The summed E-state index contributed by atoms with van der Waals surface area (Å²) in [4.78, 5) is 0. The highest BCUT2D eigenvalue weighted by Gasteiger charge is 2.24. The van der Waals surface area contributed by atoms with Crippen molar-refractivity contribution in [2.75, 3.05) is 16.8 Å². The number of sulfone groups is 1. The number of anilines is 1. The van der Waals surface area contributed by atoms with Gasteiger partial charge in [0.1, 0.15) is 0 Å². The molecule has 0 aromatic heterocycles. The second kappa shape index (κ2) is 4.98. The second-order valence-electron chi connectivity index (χ2n) is 4.56. The van der Waals surface area contributed by atoms with Gasteiger partial charge >= 0.3 is 0 Å². The summed E-state index contributed by atoms with van der Waals surface area (Å²) in [5, 5.41) is 3.34. The molecular formula is C12H16BrNO2S. The van der Waals surface area contributed by atoms with Crippen LogP contribution < -0.4 is 5.32 Å². The summed E-state index contributed by atoms with van der Waals surface area (Å²) in [5.41, 5.74) is 2.15. The first-order chi connectivity index (χ1) is 7.96. The fourth-order valence-electron chi connectivity index (χ4n) is 2.11. The van der Waals surface area contributed by atoms with Gasteiger partial charge in [0.05, 0.1) is 11.5 Å². The molecule has 1 saturated heterocycles. The molecule has 1 fully saturated rings. The third kappa shape index (κ3) is 3.45. The number of benzene rings is 1. The summed E-state index contributed by atoms with van der Waals surface area (Å²) >= 11 is 3.43. The van der Waals surface area contributed by atoms with Crippen LogP contribution in [0.25, 0.3) is 0 Å². The Kier molecular flexibility index (Phi) is 3.78. The molecule has 1 aliphatic heterocycles. The third-order valence-corrected chi connectivity index (χ3v) is 5.34. The van der Waals surface area contributed by atoms with Crippen LogP contribution in [0.3, 0.4) is 0 Å². The molecule has 5 heteroatoms. The summed E-state index contributed by atoms with van der Waals surface area (Å²) in [6.07, 6.45) is 1.68. The van der Waals surface area contributed by atoms with Crippen molar-refractivity contribution in [1.29, 1.82) is 0 Å². The summed E-state index contributed by atoms with van der Waals surface area (Å²) < 4.78 is 24.1. The fourth-order valence-corrected chi connectivity index (χ4v) is 4.10. The maximum absolute atomic E-state index is 11.6. The number of rotatable bonds is 2. The average Bonchev–Trinajstić information content (AvgIpc) is 2.22. The van der Waals surface area contributed by atoms with Gasteiger partial charge in [-0.2, -0.15) is 0 Å². The van der Waals surface area contributed by atoms with Crippen molar-refractivity contribution >= 4 is 31.5 Å². The Balaban J connectivity index is 2.13. The molecule has 17 heavy (non-hydrogen) atoms. The standard InChI is InChI=1S/C12H16BrNO2S/c1-9-4-5-10(13)7-12(9)14-11-3-2-6-17(15,16)8-11/h4-5,7,11,14H,2-3,6,8H2,1H3. The first kappa shape index (κ1) is 12.9. The highest BCUT2D eigenvalue weighted by molar-refractivity contribution is 9.10. The van der Waals surface area contributed by atoms with E-state index >= 15 is 0 Å². The van der Waals surface area contributed by atoms with Crippen molar-refractivity contribution in [1.82, 2.24) is 0 Å². The van der Waals surface area contributed by atoms with Crippen LogP contribution >= 0.6 is 15.9 Å². The van der Waals surface area contributed by atoms with E-state index in [1.165, 1.54) is 0 Å². The van der Waals surface area contributed by atoms with Crippen LogP contribution in [0.1, 0.15) is 18.4 Å². The molecule has 0 spiro atoms. The maximum Gasteiger partial charge on any atom is 0.152 e. The van der Waals surface area contributed by atoms with E-state index in [2.05, 4.69) is 21.2 Å². The molecule has 1 aromatic rings. The zero-order chi connectivity index (χ0) is 12.5. The van der Waals surface area contributed by atoms with Crippen LogP contribution in [0.5, 0.6) is 0 Å². The molecule has 0 amide bonds. The number of nitrogens with one attached hydrogen (secondary N) is 1. The van der Waals surface area contributed by atoms with E-state index in [1.54, 1.807) is 0 Å². The van der Waals surface area contributed by atoms with E-state index in [-0.39, 0.29) is 11.8 Å². The van der Waals surface area contributed by atoms with E-state index in [9.17, 15) is 8.42 Å². The van der Waals surface area contributed by atoms with Gasteiger partial charge in [0.15, 0.2) is 9.84 Å². The molecule has 0 aliphatic carbocycles. The molecule has 1 aliphatic rings. The number of aryl methyl sites for hydroxylation is 1. The van der Waals surface area contributed by atoms with E-state index in [0.29, 0.717) is 5.75 Å². The maximum atomic E-state index is 11.6. The van der Waals surface area contributed by atoms with Crippen LogP contribution in [0.15, 0.2) is 22.7 Å². The molecule has 2 rings (SSSR count). The van der Waals surface area contributed by atoms with E-state index in [4.69, 9.17) is 0 Å². The average molecular weight is 318 g/mol. The Labute approximate surface area is 111 Å². The van der Waals surface area contributed by atoms with Gasteiger partial charge < -0.3 is 5.32 Å². The van der Waals surface area contributed by atoms with Crippen LogP contribution in [0.4, 0.5) is 5.69 Å². The third-order valence-electron chi connectivity index (χ3n) is 3.02. The summed E-state index contributed by atoms with van der Waals surface area (Å²) in [5.74, 6) is 0.585. The molecule has 1 aromatic carbocycles. The molecule has 0 saturated carbocycles. The lowest BCUT2D eigenvalue weighted by atomic mass is 10.1. The fraction of sp³-hybridized carbons (Fsp3) is 0.500. The molecule has 1 unspecified atom stereocenters. The highest BCUT2D eigenvalue weighted by atomic mass is 79.9. The molecule has 1 heterocycles. The minimum absolute atomic E-state index is 0.0433. The highest BCUT2D eigenvalue weighted by Crippen LogP contribution is 2.23. The van der Waals surface area contributed by atoms with Crippen LogP contribution in [0, 0.1) is 6.92 Å². The van der Waals surface area contributed by atoms with Crippen molar-refractivity contribution in [2.45, 2.75) is 25.8 Å². The van der Waals surface area contributed by atoms with Gasteiger partial charge in [-0.15, -0.1) is 0 Å². The van der Waals surface area contributed by atoms with Crippen LogP contribution in [-0.2, 0) is 9.84 Å². The molecule has 3 nitrogen and oxygen atoms in total. The first-order valence-corrected chi connectivity index (χ1v) is 8.31. The topological polar surface area (TPSA) is 46.2 Å². The van der Waals surface area contributed by atoms with Crippen molar-refractivity contribution < 1.29 is 8.42 Å². The van der Waals surface area contributed by atoms with E-state index in [0.717, 1.165) is 28.6 Å². The van der Waals surface area contributed by atoms with E-state index < -0.39 is 9.84 Å². The zero-order valence-corrected chi connectivity index (χ0v) is 12.1. The van der Waals surface area contributed by atoms with Gasteiger partial charge in [0.25, 0.3) is 0 Å². The first-order valence-electron chi connectivity index (χ1n) is 5.69. The Morgan fingerprint density at radius 1 is 1.41 bits per heavy atom. The number of hydrogen-bond acceptors (Lipinski definition) is 3. The van der Waals surface area contributed by atoms with Gasteiger partial charge in [0.2, 0.25) is 0 Å². The quantitative estimate of drug-likeness (QED) is 0.912. The van der Waals surface area contributed by atoms with Gasteiger partial charge in [0, 0.05) is 16.2 Å². The monoisotopic (exact) mass is 317 g/mol. The van der Waals surface area contributed by atoms with Gasteiger partial charge in [-0.25, -0.2) is 8.42 Å². The largest absolute Gasteiger partial charge is 0.381 e. The molecule has 0 radical (unpaired) electrons. The minimum atomic E-state index is -2.85.